The molecule has 1 aromatic rings. The monoisotopic (exact) mass is 293 g/mol. The molecule has 15 heavy (non-hydrogen) atoms. The van der Waals surface area contributed by atoms with Gasteiger partial charge in [-0.25, -0.2) is 4.39 Å². The molecule has 1 aliphatic carbocycles. The summed E-state index contributed by atoms with van der Waals surface area (Å²) < 4.78 is 18.9. The minimum atomic E-state index is -0.395. The first-order valence-electron chi connectivity index (χ1n) is 4.56. The highest BCUT2D eigenvalue weighted by Gasteiger charge is 2.39. The summed E-state index contributed by atoms with van der Waals surface area (Å²) in [5.74, 6) is 0.0582. The average molecular weight is 295 g/mol. The molecule has 0 radical (unpaired) electrons. The van der Waals surface area contributed by atoms with E-state index in [4.69, 9.17) is 22.1 Å². The summed E-state index contributed by atoms with van der Waals surface area (Å²) >= 11 is 9.04. The highest BCUT2D eigenvalue weighted by Crippen LogP contribution is 2.37. The van der Waals surface area contributed by atoms with Gasteiger partial charge in [-0.1, -0.05) is 11.6 Å². The first-order valence-corrected chi connectivity index (χ1v) is 5.73. The number of rotatable bonds is 3. The van der Waals surface area contributed by atoms with Gasteiger partial charge in [0, 0.05) is 0 Å². The fourth-order valence-corrected chi connectivity index (χ4v) is 2.11. The third-order valence-electron chi connectivity index (χ3n) is 2.36. The van der Waals surface area contributed by atoms with Gasteiger partial charge in [-0.2, -0.15) is 0 Å². The van der Waals surface area contributed by atoms with E-state index in [-0.39, 0.29) is 10.6 Å². The Morgan fingerprint density at radius 3 is 2.73 bits per heavy atom. The summed E-state index contributed by atoms with van der Waals surface area (Å²) in [5.41, 5.74) is 5.66. The van der Waals surface area contributed by atoms with Gasteiger partial charge in [0.1, 0.15) is 12.4 Å². The first-order chi connectivity index (χ1) is 7.00. The maximum atomic E-state index is 12.9. The van der Waals surface area contributed by atoms with Crippen molar-refractivity contribution in [1.29, 1.82) is 0 Å². The topological polar surface area (TPSA) is 35.2 Å². The lowest BCUT2D eigenvalue weighted by molar-refractivity contribution is 0.277. The molecule has 0 atom stereocenters. The van der Waals surface area contributed by atoms with E-state index in [1.807, 2.05) is 0 Å². The van der Waals surface area contributed by atoms with Crippen LogP contribution in [0.2, 0.25) is 5.02 Å². The molecule has 1 fully saturated rings. The molecule has 0 heterocycles. The zero-order chi connectivity index (χ0) is 11.1. The second-order valence-corrected chi connectivity index (χ2v) is 5.11. The van der Waals surface area contributed by atoms with Gasteiger partial charge in [0.15, 0.2) is 5.75 Å². The Morgan fingerprint density at radius 2 is 2.20 bits per heavy atom. The molecule has 2 nitrogen and oxygen atoms in total. The lowest BCUT2D eigenvalue weighted by Crippen LogP contribution is -2.29. The molecule has 0 aromatic heterocycles. The van der Waals surface area contributed by atoms with Crippen molar-refractivity contribution in [3.8, 4) is 5.75 Å². The van der Waals surface area contributed by atoms with E-state index in [1.165, 1.54) is 12.1 Å². The molecule has 82 valence electrons. The molecular weight excluding hydrogens is 284 g/mol. The van der Waals surface area contributed by atoms with Crippen molar-refractivity contribution in [3.05, 3.63) is 27.4 Å². The number of benzene rings is 1. The summed E-state index contributed by atoms with van der Waals surface area (Å²) in [4.78, 5) is 0. The number of nitrogens with two attached hydrogens (primary N) is 1. The Bertz CT molecular complexity index is 372. The molecule has 0 aliphatic heterocycles. The fraction of sp³-hybridized carbons (Fsp3) is 0.400. The normalized spacial score (nSPS) is 17.6. The quantitative estimate of drug-likeness (QED) is 0.929. The van der Waals surface area contributed by atoms with Gasteiger partial charge < -0.3 is 10.5 Å². The molecule has 1 aliphatic rings. The van der Waals surface area contributed by atoms with E-state index >= 15 is 0 Å². The predicted octanol–water partition coefficient (Wildman–Crippen LogP) is 3.11. The van der Waals surface area contributed by atoms with Crippen LogP contribution < -0.4 is 10.5 Å². The summed E-state index contributed by atoms with van der Waals surface area (Å²) in [6.07, 6.45) is 1.92. The Labute approximate surface area is 101 Å². The number of hydrogen-bond acceptors (Lipinski definition) is 2. The molecule has 0 amide bonds. The Balaban J connectivity index is 2.13. The van der Waals surface area contributed by atoms with Crippen LogP contribution in [0.4, 0.5) is 4.39 Å². The number of halogens is 3. The largest absolute Gasteiger partial charge is 0.489 e. The van der Waals surface area contributed by atoms with Crippen LogP contribution in [0.5, 0.6) is 5.75 Å². The molecule has 0 bridgehead atoms. The van der Waals surface area contributed by atoms with Gasteiger partial charge in [0.25, 0.3) is 0 Å². The standard InChI is InChI=1S/C10H10BrClFNO/c11-7-3-6(13)4-8(12)9(7)15-5-10(14)1-2-10/h3-4H,1-2,5,14H2. The molecule has 1 aromatic carbocycles. The first kappa shape index (κ1) is 11.2. The average Bonchev–Trinajstić information content (AvgIpc) is 2.82. The van der Waals surface area contributed by atoms with Gasteiger partial charge >= 0.3 is 0 Å². The lowest BCUT2D eigenvalue weighted by Gasteiger charge is -2.13. The maximum Gasteiger partial charge on any atom is 0.152 e. The Hall–Kier alpha value is -0.320. The molecule has 1 saturated carbocycles. The SMILES string of the molecule is NC1(COc2c(Cl)cc(F)cc2Br)CC1. The second kappa shape index (κ2) is 3.92. The van der Waals surface area contributed by atoms with Gasteiger partial charge in [0.2, 0.25) is 0 Å². The van der Waals surface area contributed by atoms with Gasteiger partial charge in [-0.3, -0.25) is 0 Å². The third-order valence-corrected chi connectivity index (χ3v) is 3.23. The smallest absolute Gasteiger partial charge is 0.152 e. The van der Waals surface area contributed by atoms with Crippen molar-refractivity contribution in [1.82, 2.24) is 0 Å². The summed E-state index contributed by atoms with van der Waals surface area (Å²) in [6.45, 7) is 0.414. The van der Waals surface area contributed by atoms with Gasteiger partial charge in [-0.05, 0) is 40.9 Å². The number of ether oxygens (including phenoxy) is 1. The zero-order valence-corrected chi connectivity index (χ0v) is 10.2. The lowest BCUT2D eigenvalue weighted by atomic mass is 10.3. The minimum absolute atomic E-state index is 0.211. The Kier molecular flexibility index (Phi) is 2.92. The zero-order valence-electron chi connectivity index (χ0n) is 7.90. The van der Waals surface area contributed by atoms with Crippen LogP contribution in [0.25, 0.3) is 0 Å². The number of hydrogen-bond donors (Lipinski definition) is 1. The highest BCUT2D eigenvalue weighted by molar-refractivity contribution is 9.10. The van der Waals surface area contributed by atoms with E-state index in [0.29, 0.717) is 16.8 Å². The predicted molar refractivity (Wildman–Crippen MR) is 60.8 cm³/mol. The van der Waals surface area contributed by atoms with Crippen molar-refractivity contribution in [2.75, 3.05) is 6.61 Å². The van der Waals surface area contributed by atoms with E-state index in [2.05, 4.69) is 15.9 Å². The van der Waals surface area contributed by atoms with Crippen LogP contribution in [0.1, 0.15) is 12.8 Å². The molecule has 2 rings (SSSR count). The van der Waals surface area contributed by atoms with Gasteiger partial charge in [0.05, 0.1) is 15.0 Å². The highest BCUT2D eigenvalue weighted by atomic mass is 79.9. The Morgan fingerprint density at radius 1 is 1.53 bits per heavy atom. The summed E-state index contributed by atoms with van der Waals surface area (Å²) in [5, 5.41) is 0.256. The summed E-state index contributed by atoms with van der Waals surface area (Å²) in [6, 6.07) is 2.54. The fourth-order valence-electron chi connectivity index (χ4n) is 1.19. The van der Waals surface area contributed by atoms with E-state index in [1.54, 1.807) is 0 Å². The van der Waals surface area contributed by atoms with Crippen LogP contribution in [0.3, 0.4) is 0 Å². The molecule has 0 spiro atoms. The minimum Gasteiger partial charge on any atom is -0.489 e. The van der Waals surface area contributed by atoms with Crippen LogP contribution in [0.15, 0.2) is 16.6 Å². The van der Waals surface area contributed by atoms with Crippen LogP contribution in [-0.4, -0.2) is 12.1 Å². The third kappa shape index (κ3) is 2.62. The van der Waals surface area contributed by atoms with Crippen LogP contribution in [-0.2, 0) is 0 Å². The van der Waals surface area contributed by atoms with Crippen molar-refractivity contribution >= 4 is 27.5 Å². The van der Waals surface area contributed by atoms with E-state index in [0.717, 1.165) is 12.8 Å². The molecule has 5 heteroatoms. The van der Waals surface area contributed by atoms with Crippen molar-refractivity contribution < 1.29 is 9.13 Å². The van der Waals surface area contributed by atoms with E-state index in [9.17, 15) is 4.39 Å². The molecule has 0 unspecified atom stereocenters. The van der Waals surface area contributed by atoms with Gasteiger partial charge in [-0.15, -0.1) is 0 Å². The maximum absolute atomic E-state index is 12.9. The second-order valence-electron chi connectivity index (χ2n) is 3.85. The van der Waals surface area contributed by atoms with Crippen LogP contribution >= 0.6 is 27.5 Å². The molecule has 0 saturated heterocycles. The molecule has 2 N–H and O–H groups in total. The van der Waals surface area contributed by atoms with Crippen molar-refractivity contribution in [3.63, 3.8) is 0 Å². The molecular formula is C10H10BrClFNO. The van der Waals surface area contributed by atoms with Crippen molar-refractivity contribution in [2.24, 2.45) is 5.73 Å². The van der Waals surface area contributed by atoms with E-state index < -0.39 is 5.82 Å². The van der Waals surface area contributed by atoms with Crippen molar-refractivity contribution in [2.45, 2.75) is 18.4 Å². The summed E-state index contributed by atoms with van der Waals surface area (Å²) in [7, 11) is 0. The van der Waals surface area contributed by atoms with Crippen LogP contribution in [0, 0.1) is 5.82 Å².